The third-order valence-electron chi connectivity index (χ3n) is 3.32. The van der Waals surface area contributed by atoms with E-state index >= 15 is 0 Å². The second-order valence-corrected chi connectivity index (χ2v) is 5.12. The van der Waals surface area contributed by atoms with Crippen molar-refractivity contribution in [3.05, 3.63) is 28.8 Å². The molecule has 1 aromatic carbocycles. The molecule has 0 radical (unpaired) electrons. The number of rotatable bonds is 3. The van der Waals surface area contributed by atoms with Gasteiger partial charge in [-0.15, -0.1) is 0 Å². The summed E-state index contributed by atoms with van der Waals surface area (Å²) in [5.74, 6) is -1.81. The van der Waals surface area contributed by atoms with Crippen LogP contribution < -0.4 is 5.32 Å². The average molecular weight is 284 g/mol. The maximum Gasteiger partial charge on any atom is 0.306 e. The quantitative estimate of drug-likeness (QED) is 0.792. The molecule has 0 aromatic heterocycles. The smallest absolute Gasteiger partial charge is 0.306 e. The van der Waals surface area contributed by atoms with Gasteiger partial charge in [0.15, 0.2) is 0 Å². The maximum absolute atomic E-state index is 12.0. The van der Waals surface area contributed by atoms with Crippen LogP contribution in [0.4, 0.5) is 0 Å². The normalized spacial score (nSPS) is 22.2. The number of carbonyl (C=O) groups excluding carboxylic acids is 1. The molecule has 0 aliphatic heterocycles. The number of amides is 1. The Labute approximate surface area is 115 Å². The molecule has 102 valence electrons. The Balaban J connectivity index is 2.02. The van der Waals surface area contributed by atoms with Gasteiger partial charge in [0.05, 0.1) is 11.5 Å². The number of aromatic hydroxyl groups is 1. The Morgan fingerprint density at radius 2 is 2.05 bits per heavy atom. The highest BCUT2D eigenvalue weighted by Gasteiger charge is 2.31. The summed E-state index contributed by atoms with van der Waals surface area (Å²) < 4.78 is 0. The average Bonchev–Trinajstić information content (AvgIpc) is 2.80. The molecule has 1 amide bonds. The molecule has 0 saturated heterocycles. The van der Waals surface area contributed by atoms with Gasteiger partial charge in [0.25, 0.3) is 5.91 Å². The second kappa shape index (κ2) is 5.48. The minimum atomic E-state index is -0.831. The fourth-order valence-electron chi connectivity index (χ4n) is 2.29. The Morgan fingerprint density at radius 3 is 2.68 bits per heavy atom. The van der Waals surface area contributed by atoms with Crippen LogP contribution >= 0.6 is 11.6 Å². The molecule has 6 heteroatoms. The zero-order chi connectivity index (χ0) is 14.0. The van der Waals surface area contributed by atoms with Gasteiger partial charge in [0, 0.05) is 11.1 Å². The minimum absolute atomic E-state index is 0.103. The first-order chi connectivity index (χ1) is 8.97. The Hall–Kier alpha value is -1.75. The van der Waals surface area contributed by atoms with Crippen LogP contribution in [0.1, 0.15) is 29.6 Å². The molecule has 1 saturated carbocycles. The van der Waals surface area contributed by atoms with Gasteiger partial charge in [-0.3, -0.25) is 9.59 Å². The summed E-state index contributed by atoms with van der Waals surface area (Å²) in [5, 5.41) is 21.6. The molecule has 19 heavy (non-hydrogen) atoms. The number of aliphatic carboxylic acids is 1. The number of benzene rings is 1. The summed E-state index contributed by atoms with van der Waals surface area (Å²) in [5.41, 5.74) is 0.103. The van der Waals surface area contributed by atoms with Crippen molar-refractivity contribution in [1.29, 1.82) is 0 Å². The summed E-state index contributed by atoms with van der Waals surface area (Å²) in [6.07, 6.45) is 1.61. The summed E-state index contributed by atoms with van der Waals surface area (Å²) in [7, 11) is 0. The van der Waals surface area contributed by atoms with Crippen molar-refractivity contribution in [3.63, 3.8) is 0 Å². The monoisotopic (exact) mass is 283 g/mol. The number of carbonyl (C=O) groups is 2. The molecule has 1 aliphatic carbocycles. The number of halogens is 1. The van der Waals surface area contributed by atoms with Gasteiger partial charge in [-0.1, -0.05) is 11.6 Å². The number of hydrogen-bond donors (Lipinski definition) is 3. The zero-order valence-electron chi connectivity index (χ0n) is 10.1. The fraction of sp³-hybridized carbons (Fsp3) is 0.385. The lowest BCUT2D eigenvalue weighted by Gasteiger charge is -2.13. The Kier molecular flexibility index (Phi) is 3.95. The van der Waals surface area contributed by atoms with Crippen molar-refractivity contribution in [3.8, 4) is 5.75 Å². The largest absolute Gasteiger partial charge is 0.507 e. The first-order valence-electron chi connectivity index (χ1n) is 5.99. The van der Waals surface area contributed by atoms with Crippen LogP contribution in [0.25, 0.3) is 0 Å². The van der Waals surface area contributed by atoms with E-state index in [4.69, 9.17) is 16.7 Å². The second-order valence-electron chi connectivity index (χ2n) is 4.68. The predicted octanol–water partition coefficient (Wildman–Crippen LogP) is 2.03. The van der Waals surface area contributed by atoms with Crippen molar-refractivity contribution in [2.24, 2.45) is 5.92 Å². The Morgan fingerprint density at radius 1 is 1.32 bits per heavy atom. The van der Waals surface area contributed by atoms with E-state index in [1.807, 2.05) is 0 Å². The summed E-state index contributed by atoms with van der Waals surface area (Å²) in [6.45, 7) is 0. The molecule has 5 nitrogen and oxygen atoms in total. The highest BCUT2D eigenvalue weighted by Crippen LogP contribution is 2.27. The summed E-state index contributed by atoms with van der Waals surface area (Å²) >= 11 is 5.77. The SMILES string of the molecule is O=C(N[C@H]1CC[C@@H](C(=O)O)C1)c1cc(Cl)ccc1O. The maximum atomic E-state index is 12.0. The number of nitrogens with one attached hydrogen (secondary N) is 1. The first kappa shape index (κ1) is 13.7. The molecule has 1 aromatic rings. The van der Waals surface area contributed by atoms with Crippen molar-refractivity contribution in [2.45, 2.75) is 25.3 Å². The molecule has 0 unspecified atom stereocenters. The van der Waals surface area contributed by atoms with Gasteiger partial charge in [-0.2, -0.15) is 0 Å². The van der Waals surface area contributed by atoms with E-state index in [9.17, 15) is 14.7 Å². The van der Waals surface area contributed by atoms with Crippen LogP contribution in [0.5, 0.6) is 5.75 Å². The van der Waals surface area contributed by atoms with Crippen molar-refractivity contribution in [2.75, 3.05) is 0 Å². The van der Waals surface area contributed by atoms with E-state index in [-0.39, 0.29) is 17.4 Å². The zero-order valence-corrected chi connectivity index (χ0v) is 10.9. The number of carboxylic acid groups (broad SMARTS) is 1. The van der Waals surface area contributed by atoms with E-state index in [2.05, 4.69) is 5.32 Å². The third kappa shape index (κ3) is 3.17. The van der Waals surface area contributed by atoms with Gasteiger partial charge < -0.3 is 15.5 Å². The highest BCUT2D eigenvalue weighted by atomic mass is 35.5. The standard InChI is InChI=1S/C13H14ClNO4/c14-8-2-4-11(16)10(6-8)12(17)15-9-3-1-7(5-9)13(18)19/h2,4,6-7,9,16H,1,3,5H2,(H,15,17)(H,18,19)/t7-,9+/m1/s1. The van der Waals surface area contributed by atoms with E-state index in [1.54, 1.807) is 0 Å². The number of phenols is 1. The molecule has 0 spiro atoms. The van der Waals surface area contributed by atoms with Crippen molar-refractivity contribution >= 4 is 23.5 Å². The van der Waals surface area contributed by atoms with Gasteiger partial charge >= 0.3 is 5.97 Å². The van der Waals surface area contributed by atoms with Gasteiger partial charge in [0.2, 0.25) is 0 Å². The molecular formula is C13H14ClNO4. The number of hydrogen-bond acceptors (Lipinski definition) is 3. The molecule has 3 N–H and O–H groups in total. The minimum Gasteiger partial charge on any atom is -0.507 e. The number of carboxylic acids is 1. The molecule has 2 rings (SSSR count). The van der Waals surface area contributed by atoms with Crippen LogP contribution in [-0.2, 0) is 4.79 Å². The first-order valence-corrected chi connectivity index (χ1v) is 6.37. The van der Waals surface area contributed by atoms with Crippen molar-refractivity contribution in [1.82, 2.24) is 5.32 Å². The van der Waals surface area contributed by atoms with Gasteiger partial charge in [0.1, 0.15) is 5.75 Å². The topological polar surface area (TPSA) is 86.6 Å². The molecule has 1 aliphatic rings. The van der Waals surface area contributed by atoms with Crippen LogP contribution in [0, 0.1) is 5.92 Å². The molecule has 2 atom stereocenters. The van der Waals surface area contributed by atoms with Gasteiger partial charge in [-0.05, 0) is 37.5 Å². The van der Waals surface area contributed by atoms with E-state index in [0.29, 0.717) is 24.3 Å². The van der Waals surface area contributed by atoms with E-state index in [1.165, 1.54) is 18.2 Å². The highest BCUT2D eigenvalue weighted by molar-refractivity contribution is 6.31. The predicted molar refractivity (Wildman–Crippen MR) is 69.3 cm³/mol. The van der Waals surface area contributed by atoms with E-state index < -0.39 is 17.8 Å². The summed E-state index contributed by atoms with van der Waals surface area (Å²) in [6, 6.07) is 4.05. The lowest BCUT2D eigenvalue weighted by atomic mass is 10.1. The molecular weight excluding hydrogens is 270 g/mol. The lowest BCUT2D eigenvalue weighted by molar-refractivity contribution is -0.141. The van der Waals surface area contributed by atoms with Crippen LogP contribution in [0.2, 0.25) is 5.02 Å². The Bertz CT molecular complexity index is 517. The molecule has 0 bridgehead atoms. The van der Waals surface area contributed by atoms with E-state index in [0.717, 1.165) is 0 Å². The van der Waals surface area contributed by atoms with Crippen LogP contribution in [-0.4, -0.2) is 28.1 Å². The van der Waals surface area contributed by atoms with Crippen LogP contribution in [0.3, 0.4) is 0 Å². The molecule has 1 fully saturated rings. The lowest BCUT2D eigenvalue weighted by Crippen LogP contribution is -2.33. The fourth-order valence-corrected chi connectivity index (χ4v) is 2.46. The number of phenolic OH excluding ortho intramolecular Hbond substituents is 1. The molecule has 0 heterocycles. The van der Waals surface area contributed by atoms with Crippen LogP contribution in [0.15, 0.2) is 18.2 Å². The van der Waals surface area contributed by atoms with Crippen molar-refractivity contribution < 1.29 is 19.8 Å². The summed E-state index contributed by atoms with van der Waals surface area (Å²) in [4.78, 5) is 22.8. The van der Waals surface area contributed by atoms with Gasteiger partial charge in [-0.25, -0.2) is 0 Å². The third-order valence-corrected chi connectivity index (χ3v) is 3.56.